The molecule has 214 valence electrons. The summed E-state index contributed by atoms with van der Waals surface area (Å²) in [4.78, 5) is 31.2. The second-order valence-corrected chi connectivity index (χ2v) is 11.3. The molecule has 43 heavy (non-hydrogen) atoms. The minimum Gasteiger partial charge on any atom is -0.493 e. The molecule has 1 atom stereocenters. The topological polar surface area (TPSA) is 103 Å². The van der Waals surface area contributed by atoms with Crippen molar-refractivity contribution >= 4 is 29.1 Å². The van der Waals surface area contributed by atoms with Gasteiger partial charge in [-0.1, -0.05) is 53.8 Å². The molecule has 0 bridgehead atoms. The summed E-state index contributed by atoms with van der Waals surface area (Å²) in [6.07, 6.45) is 3.35. The van der Waals surface area contributed by atoms with E-state index in [9.17, 15) is 14.7 Å². The molecule has 5 aromatic rings. The maximum absolute atomic E-state index is 14.1. The molecular weight excluding hydrogens is 564 g/mol. The van der Waals surface area contributed by atoms with E-state index in [2.05, 4.69) is 12.1 Å². The van der Waals surface area contributed by atoms with Crippen molar-refractivity contribution in [3.8, 4) is 22.8 Å². The quantitative estimate of drug-likeness (QED) is 0.288. The molecule has 0 spiro atoms. The first-order valence-electron chi connectivity index (χ1n) is 13.7. The molecule has 0 saturated heterocycles. The van der Waals surface area contributed by atoms with Crippen molar-refractivity contribution in [2.24, 2.45) is 4.99 Å². The lowest BCUT2D eigenvalue weighted by molar-refractivity contribution is 0.0697. The number of aromatic carboxylic acids is 1. The van der Waals surface area contributed by atoms with Crippen LogP contribution in [-0.2, 0) is 6.42 Å². The summed E-state index contributed by atoms with van der Waals surface area (Å²) in [5, 5.41) is 9.36. The highest BCUT2D eigenvalue weighted by molar-refractivity contribution is 7.07. The van der Waals surface area contributed by atoms with Crippen molar-refractivity contribution in [3.05, 3.63) is 132 Å². The van der Waals surface area contributed by atoms with Crippen LogP contribution in [0.3, 0.4) is 0 Å². The largest absolute Gasteiger partial charge is 0.493 e. The van der Waals surface area contributed by atoms with Gasteiger partial charge in [-0.25, -0.2) is 9.79 Å². The number of carboxylic acids is 1. The number of carbonyl (C=O) groups is 1. The van der Waals surface area contributed by atoms with Crippen LogP contribution in [0.4, 0.5) is 0 Å². The molecule has 0 amide bonds. The number of methoxy groups -OCH3 is 2. The lowest BCUT2D eigenvalue weighted by atomic mass is 9.83. The number of rotatable bonds is 6. The average Bonchev–Trinajstić information content (AvgIpc) is 3.63. The SMILES string of the molecule is COc1ccc([C@H]2C3=C(N=c4s/c(=C/c5ccc(-c6cccc(C(=O)O)c6)o5)c(=O)n42)c2ccccc2CC3)cc1OC. The highest BCUT2D eigenvalue weighted by Crippen LogP contribution is 2.42. The highest BCUT2D eigenvalue weighted by Gasteiger charge is 2.33. The molecule has 9 heteroatoms. The smallest absolute Gasteiger partial charge is 0.335 e. The zero-order chi connectivity index (χ0) is 29.7. The minimum absolute atomic E-state index is 0.167. The van der Waals surface area contributed by atoms with E-state index in [-0.39, 0.29) is 17.2 Å². The van der Waals surface area contributed by atoms with E-state index in [1.165, 1.54) is 23.0 Å². The molecule has 0 fully saturated rings. The molecule has 2 aromatic heterocycles. The van der Waals surface area contributed by atoms with Gasteiger partial charge in [0.15, 0.2) is 16.3 Å². The number of ether oxygens (including phenoxy) is 2. The second kappa shape index (κ2) is 10.6. The Hall–Kier alpha value is -5.15. The Balaban J connectivity index is 1.39. The van der Waals surface area contributed by atoms with Gasteiger partial charge in [0.05, 0.1) is 36.1 Å². The fourth-order valence-corrected chi connectivity index (χ4v) is 6.85. The van der Waals surface area contributed by atoms with Crippen LogP contribution in [0.5, 0.6) is 11.5 Å². The first-order chi connectivity index (χ1) is 20.9. The van der Waals surface area contributed by atoms with Gasteiger partial charge in [-0.15, -0.1) is 0 Å². The Morgan fingerprint density at radius 3 is 2.65 bits per heavy atom. The van der Waals surface area contributed by atoms with Gasteiger partial charge in [0, 0.05) is 17.2 Å². The van der Waals surface area contributed by atoms with Crippen molar-refractivity contribution in [3.63, 3.8) is 0 Å². The van der Waals surface area contributed by atoms with Gasteiger partial charge < -0.3 is 19.0 Å². The molecule has 1 N–H and O–H groups in total. The van der Waals surface area contributed by atoms with E-state index < -0.39 is 5.97 Å². The van der Waals surface area contributed by atoms with E-state index in [1.54, 1.807) is 55.2 Å². The van der Waals surface area contributed by atoms with Gasteiger partial charge in [0.1, 0.15) is 11.5 Å². The van der Waals surface area contributed by atoms with Crippen molar-refractivity contribution in [2.75, 3.05) is 14.2 Å². The van der Waals surface area contributed by atoms with E-state index in [0.717, 1.165) is 35.2 Å². The van der Waals surface area contributed by atoms with Gasteiger partial charge in [0.2, 0.25) is 0 Å². The molecule has 7 rings (SSSR count). The molecule has 3 heterocycles. The molecule has 2 aliphatic rings. The third kappa shape index (κ3) is 4.58. The molecular formula is C34H26N2O6S. The highest BCUT2D eigenvalue weighted by atomic mass is 32.1. The number of nitrogens with zero attached hydrogens (tertiary/aromatic N) is 2. The van der Waals surface area contributed by atoms with Crippen LogP contribution in [-0.4, -0.2) is 29.9 Å². The maximum Gasteiger partial charge on any atom is 0.335 e. The molecule has 8 nitrogen and oxygen atoms in total. The first kappa shape index (κ1) is 26.7. The van der Waals surface area contributed by atoms with Crippen LogP contribution in [0, 0.1) is 0 Å². The summed E-state index contributed by atoms with van der Waals surface area (Å²) in [5.41, 5.74) is 5.88. The summed E-state index contributed by atoms with van der Waals surface area (Å²) in [6.45, 7) is 0. The second-order valence-electron chi connectivity index (χ2n) is 10.3. The van der Waals surface area contributed by atoms with Crippen LogP contribution >= 0.6 is 11.3 Å². The van der Waals surface area contributed by atoms with E-state index in [0.29, 0.717) is 37.9 Å². The van der Waals surface area contributed by atoms with E-state index >= 15 is 0 Å². The van der Waals surface area contributed by atoms with Crippen LogP contribution in [0.15, 0.2) is 98.6 Å². The summed E-state index contributed by atoms with van der Waals surface area (Å²) in [6, 6.07) is 23.8. The zero-order valence-electron chi connectivity index (χ0n) is 23.4. The fraction of sp³-hybridized carbons (Fsp3) is 0.147. The van der Waals surface area contributed by atoms with Crippen molar-refractivity contribution in [1.29, 1.82) is 0 Å². The molecule has 0 radical (unpaired) electrons. The number of hydrogen-bond donors (Lipinski definition) is 1. The predicted molar refractivity (Wildman–Crippen MR) is 163 cm³/mol. The van der Waals surface area contributed by atoms with Crippen LogP contribution in [0.1, 0.15) is 45.3 Å². The minimum atomic E-state index is -1.01. The van der Waals surface area contributed by atoms with Gasteiger partial charge in [0.25, 0.3) is 5.56 Å². The Bertz CT molecular complexity index is 2130. The number of aryl methyl sites for hydroxylation is 1. The van der Waals surface area contributed by atoms with Gasteiger partial charge in [-0.2, -0.15) is 0 Å². The lowest BCUT2D eigenvalue weighted by Crippen LogP contribution is -2.38. The maximum atomic E-state index is 14.1. The summed E-state index contributed by atoms with van der Waals surface area (Å²) in [7, 11) is 3.20. The van der Waals surface area contributed by atoms with E-state index in [4.69, 9.17) is 18.9 Å². The monoisotopic (exact) mass is 590 g/mol. The molecule has 0 unspecified atom stereocenters. The molecule has 1 aliphatic carbocycles. The summed E-state index contributed by atoms with van der Waals surface area (Å²) >= 11 is 1.32. The molecule has 1 aliphatic heterocycles. The number of furan rings is 1. The predicted octanol–water partition coefficient (Wildman–Crippen LogP) is 5.29. The van der Waals surface area contributed by atoms with Crippen LogP contribution in [0.2, 0.25) is 0 Å². The number of allylic oxidation sites excluding steroid dienone is 1. The Labute approximate surface area is 250 Å². The zero-order valence-corrected chi connectivity index (χ0v) is 24.2. The van der Waals surface area contributed by atoms with E-state index in [1.807, 2.05) is 30.3 Å². The van der Waals surface area contributed by atoms with Gasteiger partial charge in [-0.3, -0.25) is 9.36 Å². The fourth-order valence-electron chi connectivity index (χ4n) is 5.87. The number of aromatic nitrogens is 1. The standard InChI is InChI=1S/C34H26N2O6S/c1-40-27-14-11-21(17-28(27)41-2)31-25-13-10-19-6-3-4-9-24(19)30(25)35-34-36(31)32(37)29(43-34)18-23-12-15-26(42-23)20-7-5-8-22(16-20)33(38)39/h3-9,11-12,14-18,31H,10,13H2,1-2H3,(H,38,39)/b29-18+/t31-/m0/s1. The number of hydrogen-bond acceptors (Lipinski definition) is 7. The van der Waals surface area contributed by atoms with Crippen LogP contribution in [0.25, 0.3) is 23.1 Å². The normalized spacial score (nSPS) is 15.8. The summed E-state index contributed by atoms with van der Waals surface area (Å²) < 4.78 is 19.4. The third-order valence-corrected chi connectivity index (χ3v) is 8.87. The Morgan fingerprint density at radius 1 is 1.00 bits per heavy atom. The molecule has 3 aromatic carbocycles. The Morgan fingerprint density at radius 2 is 1.84 bits per heavy atom. The average molecular weight is 591 g/mol. The van der Waals surface area contributed by atoms with Crippen molar-refractivity contribution in [2.45, 2.75) is 18.9 Å². The van der Waals surface area contributed by atoms with Gasteiger partial charge >= 0.3 is 5.97 Å². The lowest BCUT2D eigenvalue weighted by Gasteiger charge is -2.31. The third-order valence-electron chi connectivity index (χ3n) is 7.89. The summed E-state index contributed by atoms with van der Waals surface area (Å²) in [5.74, 6) is 1.19. The number of benzene rings is 3. The Kier molecular flexibility index (Phi) is 6.59. The van der Waals surface area contributed by atoms with Gasteiger partial charge in [-0.05, 0) is 65.9 Å². The molecule has 0 saturated carbocycles. The van der Waals surface area contributed by atoms with Crippen LogP contribution < -0.4 is 24.4 Å². The van der Waals surface area contributed by atoms with Crippen molar-refractivity contribution < 1.29 is 23.8 Å². The van der Waals surface area contributed by atoms with Crippen molar-refractivity contribution in [1.82, 2.24) is 4.57 Å². The first-order valence-corrected chi connectivity index (χ1v) is 14.6. The number of fused-ring (bicyclic) bond motifs is 3. The number of thiazole rings is 1. The number of carboxylic acid groups (broad SMARTS) is 1.